The molecule has 2 amide bonds. The number of H-pyrrole nitrogens is 1. The van der Waals surface area contributed by atoms with Crippen molar-refractivity contribution in [3.63, 3.8) is 0 Å². The molecule has 2 aromatic heterocycles. The number of hydrogen-bond acceptors (Lipinski definition) is 4. The number of carbonyl (C=O) groups excluding carboxylic acids is 2. The van der Waals surface area contributed by atoms with Crippen molar-refractivity contribution in [2.24, 2.45) is 0 Å². The molecule has 1 aromatic carbocycles. The quantitative estimate of drug-likeness (QED) is 0.712. The Hall–Kier alpha value is -3.09. The smallest absolute Gasteiger partial charge is 0.287 e. The predicted molar refractivity (Wildman–Crippen MR) is 105 cm³/mol. The van der Waals surface area contributed by atoms with E-state index >= 15 is 0 Å². The van der Waals surface area contributed by atoms with Gasteiger partial charge in [-0.1, -0.05) is 12.1 Å². The Bertz CT molecular complexity index is 949. The van der Waals surface area contributed by atoms with E-state index < -0.39 is 0 Å². The Morgan fingerprint density at radius 2 is 2.00 bits per heavy atom. The number of benzene rings is 1. The summed E-state index contributed by atoms with van der Waals surface area (Å²) in [5.41, 5.74) is 1.92. The first kappa shape index (κ1) is 18.3. The lowest BCUT2D eigenvalue weighted by atomic mass is 10.0. The highest BCUT2D eigenvalue weighted by Gasteiger charge is 2.24. The Kier molecular flexibility index (Phi) is 5.14. The molecule has 3 aromatic rings. The molecule has 0 spiro atoms. The zero-order chi connectivity index (χ0) is 19.5. The third-order valence-corrected chi connectivity index (χ3v) is 5.16. The van der Waals surface area contributed by atoms with E-state index in [4.69, 9.17) is 4.42 Å². The molecular weight excluding hydrogens is 356 g/mol. The van der Waals surface area contributed by atoms with Crippen molar-refractivity contribution in [1.29, 1.82) is 0 Å². The standard InChI is InChI=1S/C21H24N4O3/c1-14-6-7-18(28-14)21(27)22-15-10-12-25(13-11-15)20(26)9-8-19-23-16-4-2-3-5-17(16)24-19/h2-7,15H,8-13H2,1H3,(H,22,27)(H,23,24). The van der Waals surface area contributed by atoms with Gasteiger partial charge in [0.2, 0.25) is 5.91 Å². The summed E-state index contributed by atoms with van der Waals surface area (Å²) in [6, 6.07) is 11.4. The maximum absolute atomic E-state index is 12.5. The first-order chi connectivity index (χ1) is 13.6. The van der Waals surface area contributed by atoms with Gasteiger partial charge in [0.05, 0.1) is 11.0 Å². The molecular formula is C21H24N4O3. The van der Waals surface area contributed by atoms with Crippen molar-refractivity contribution in [1.82, 2.24) is 20.2 Å². The van der Waals surface area contributed by atoms with Gasteiger partial charge in [0.1, 0.15) is 11.6 Å². The summed E-state index contributed by atoms with van der Waals surface area (Å²) < 4.78 is 5.36. The number of aromatic amines is 1. The summed E-state index contributed by atoms with van der Waals surface area (Å²) in [5.74, 6) is 1.83. The average molecular weight is 380 g/mol. The van der Waals surface area contributed by atoms with Crippen LogP contribution in [0.5, 0.6) is 0 Å². The summed E-state index contributed by atoms with van der Waals surface area (Å²) in [4.78, 5) is 34.4. The number of nitrogens with zero attached hydrogens (tertiary/aromatic N) is 2. The first-order valence-electron chi connectivity index (χ1n) is 9.67. The van der Waals surface area contributed by atoms with Crippen LogP contribution in [-0.4, -0.2) is 45.8 Å². The molecule has 0 bridgehead atoms. The minimum atomic E-state index is -0.192. The normalized spacial score (nSPS) is 15.1. The molecule has 1 saturated heterocycles. The Morgan fingerprint density at radius 3 is 2.71 bits per heavy atom. The van der Waals surface area contributed by atoms with Gasteiger partial charge in [-0.2, -0.15) is 0 Å². The van der Waals surface area contributed by atoms with Crippen LogP contribution < -0.4 is 5.32 Å². The second-order valence-corrected chi connectivity index (χ2v) is 7.24. The highest BCUT2D eigenvalue weighted by Crippen LogP contribution is 2.15. The molecule has 0 atom stereocenters. The molecule has 28 heavy (non-hydrogen) atoms. The van der Waals surface area contributed by atoms with Gasteiger partial charge in [0.15, 0.2) is 5.76 Å². The van der Waals surface area contributed by atoms with Gasteiger partial charge in [-0.3, -0.25) is 9.59 Å². The van der Waals surface area contributed by atoms with Gasteiger partial charge in [-0.15, -0.1) is 0 Å². The monoisotopic (exact) mass is 380 g/mol. The Morgan fingerprint density at radius 1 is 1.21 bits per heavy atom. The van der Waals surface area contributed by atoms with E-state index in [1.54, 1.807) is 12.1 Å². The number of para-hydroxylation sites is 2. The Balaban J connectivity index is 1.24. The molecule has 4 rings (SSSR count). The third kappa shape index (κ3) is 4.08. The van der Waals surface area contributed by atoms with Crippen LogP contribution in [0.3, 0.4) is 0 Å². The van der Waals surface area contributed by atoms with E-state index in [-0.39, 0.29) is 17.9 Å². The fourth-order valence-corrected chi connectivity index (χ4v) is 3.59. The number of amides is 2. The number of likely N-dealkylation sites (tertiary alicyclic amines) is 1. The lowest BCUT2D eigenvalue weighted by Gasteiger charge is -2.32. The number of imidazole rings is 1. The summed E-state index contributed by atoms with van der Waals surface area (Å²) in [7, 11) is 0. The molecule has 146 valence electrons. The van der Waals surface area contributed by atoms with Crippen molar-refractivity contribution in [2.45, 2.75) is 38.6 Å². The molecule has 1 fully saturated rings. The van der Waals surface area contributed by atoms with E-state index in [0.29, 0.717) is 31.7 Å². The van der Waals surface area contributed by atoms with Gasteiger partial charge >= 0.3 is 0 Å². The Labute approximate surface area is 163 Å². The molecule has 0 saturated carbocycles. The molecule has 0 aliphatic carbocycles. The van der Waals surface area contributed by atoms with Crippen LogP contribution in [0.2, 0.25) is 0 Å². The van der Waals surface area contributed by atoms with Crippen molar-refractivity contribution in [3.05, 3.63) is 53.7 Å². The number of aromatic nitrogens is 2. The number of furan rings is 1. The molecule has 1 aliphatic rings. The number of hydrogen-bond donors (Lipinski definition) is 2. The van der Waals surface area contributed by atoms with Gasteiger partial charge in [0, 0.05) is 32.0 Å². The van der Waals surface area contributed by atoms with Gasteiger partial charge < -0.3 is 19.6 Å². The third-order valence-electron chi connectivity index (χ3n) is 5.16. The molecule has 2 N–H and O–H groups in total. The number of nitrogens with one attached hydrogen (secondary N) is 2. The van der Waals surface area contributed by atoms with Crippen molar-refractivity contribution < 1.29 is 14.0 Å². The van der Waals surface area contributed by atoms with Crippen LogP contribution in [0.1, 0.15) is 41.4 Å². The fraction of sp³-hybridized carbons (Fsp3) is 0.381. The van der Waals surface area contributed by atoms with Crippen LogP contribution in [0.25, 0.3) is 11.0 Å². The molecule has 0 radical (unpaired) electrons. The van der Waals surface area contributed by atoms with Crippen molar-refractivity contribution >= 4 is 22.8 Å². The first-order valence-corrected chi connectivity index (χ1v) is 9.67. The number of piperidine rings is 1. The van der Waals surface area contributed by atoms with Crippen LogP contribution in [0, 0.1) is 6.92 Å². The predicted octanol–water partition coefficient (Wildman–Crippen LogP) is 2.82. The average Bonchev–Trinajstić information content (AvgIpc) is 3.32. The minimum Gasteiger partial charge on any atom is -0.456 e. The summed E-state index contributed by atoms with van der Waals surface area (Å²) in [5, 5.41) is 3.00. The maximum atomic E-state index is 12.5. The summed E-state index contributed by atoms with van der Waals surface area (Å²) in [6.07, 6.45) is 2.54. The summed E-state index contributed by atoms with van der Waals surface area (Å²) in [6.45, 7) is 3.12. The van der Waals surface area contributed by atoms with E-state index in [9.17, 15) is 9.59 Å². The van der Waals surface area contributed by atoms with E-state index in [1.807, 2.05) is 36.1 Å². The van der Waals surface area contributed by atoms with Crippen LogP contribution in [0.4, 0.5) is 0 Å². The molecule has 3 heterocycles. The lowest BCUT2D eigenvalue weighted by Crippen LogP contribution is -2.46. The van der Waals surface area contributed by atoms with Crippen molar-refractivity contribution in [2.75, 3.05) is 13.1 Å². The number of rotatable bonds is 5. The second-order valence-electron chi connectivity index (χ2n) is 7.24. The largest absolute Gasteiger partial charge is 0.456 e. The number of aryl methyl sites for hydroxylation is 2. The van der Waals surface area contributed by atoms with Gasteiger partial charge in [-0.25, -0.2) is 4.98 Å². The zero-order valence-electron chi connectivity index (χ0n) is 15.9. The number of carbonyl (C=O) groups is 2. The maximum Gasteiger partial charge on any atom is 0.287 e. The summed E-state index contributed by atoms with van der Waals surface area (Å²) >= 11 is 0. The van der Waals surface area contributed by atoms with E-state index in [2.05, 4.69) is 15.3 Å². The van der Waals surface area contributed by atoms with E-state index in [1.165, 1.54) is 0 Å². The van der Waals surface area contributed by atoms with Crippen molar-refractivity contribution in [3.8, 4) is 0 Å². The fourth-order valence-electron chi connectivity index (χ4n) is 3.59. The van der Waals surface area contributed by atoms with Gasteiger partial charge in [0.25, 0.3) is 5.91 Å². The van der Waals surface area contributed by atoms with Gasteiger partial charge in [-0.05, 0) is 44.0 Å². The topological polar surface area (TPSA) is 91.2 Å². The van der Waals surface area contributed by atoms with Crippen LogP contribution in [-0.2, 0) is 11.2 Å². The molecule has 7 nitrogen and oxygen atoms in total. The molecule has 1 aliphatic heterocycles. The highest BCUT2D eigenvalue weighted by atomic mass is 16.3. The molecule has 0 unspecified atom stereocenters. The van der Waals surface area contributed by atoms with Crippen LogP contribution in [0.15, 0.2) is 40.8 Å². The minimum absolute atomic E-state index is 0.0670. The highest BCUT2D eigenvalue weighted by molar-refractivity contribution is 5.91. The molecule has 7 heteroatoms. The zero-order valence-corrected chi connectivity index (χ0v) is 15.9. The van der Waals surface area contributed by atoms with E-state index in [0.717, 1.165) is 35.5 Å². The second kappa shape index (κ2) is 7.88. The SMILES string of the molecule is Cc1ccc(C(=O)NC2CCN(C(=O)CCc3nc4ccccc4[nH]3)CC2)o1. The number of fused-ring (bicyclic) bond motifs is 1. The van der Waals surface area contributed by atoms with Crippen LogP contribution >= 0.6 is 0 Å². The lowest BCUT2D eigenvalue weighted by molar-refractivity contribution is -0.132.